The standard InChI is InChI=1S/C11H15Br2N3O3S2/c1-14(2)21(18,19)16-5-3-15(4-6-16)11(17)9-7-8(12)10(13)20-9/h7H,3-6H2,1-2H3. The number of nitrogens with zero attached hydrogens (tertiary/aromatic N) is 3. The summed E-state index contributed by atoms with van der Waals surface area (Å²) in [6, 6.07) is 1.78. The van der Waals surface area contributed by atoms with Crippen molar-refractivity contribution < 1.29 is 13.2 Å². The lowest BCUT2D eigenvalue weighted by molar-refractivity contribution is 0.0700. The summed E-state index contributed by atoms with van der Waals surface area (Å²) >= 11 is 8.09. The predicted octanol–water partition coefficient (Wildman–Crippen LogP) is 1.84. The van der Waals surface area contributed by atoms with Gasteiger partial charge in [-0.05, 0) is 37.9 Å². The molecule has 118 valence electrons. The summed E-state index contributed by atoms with van der Waals surface area (Å²) in [5.74, 6) is -0.0618. The minimum atomic E-state index is -3.40. The lowest BCUT2D eigenvalue weighted by atomic mass is 10.3. The first kappa shape index (κ1) is 17.4. The fourth-order valence-electron chi connectivity index (χ4n) is 1.96. The van der Waals surface area contributed by atoms with Crippen LogP contribution in [-0.2, 0) is 10.2 Å². The van der Waals surface area contributed by atoms with Crippen molar-refractivity contribution in [2.24, 2.45) is 0 Å². The van der Waals surface area contributed by atoms with E-state index in [4.69, 9.17) is 0 Å². The van der Waals surface area contributed by atoms with Crippen molar-refractivity contribution in [3.63, 3.8) is 0 Å². The molecule has 6 nitrogen and oxygen atoms in total. The normalized spacial score (nSPS) is 17.5. The monoisotopic (exact) mass is 459 g/mol. The van der Waals surface area contributed by atoms with Gasteiger partial charge in [0, 0.05) is 44.7 Å². The molecule has 1 aliphatic rings. The summed E-state index contributed by atoms with van der Waals surface area (Å²) in [6.45, 7) is 1.44. The van der Waals surface area contributed by atoms with Crippen LogP contribution in [0.2, 0.25) is 0 Å². The summed E-state index contributed by atoms with van der Waals surface area (Å²) in [4.78, 5) is 14.7. The van der Waals surface area contributed by atoms with Crippen molar-refractivity contribution in [1.82, 2.24) is 13.5 Å². The Hall–Kier alpha value is -0.000000000000000305. The van der Waals surface area contributed by atoms with Crippen LogP contribution in [0.3, 0.4) is 0 Å². The molecule has 1 amide bonds. The number of halogens is 2. The summed E-state index contributed by atoms with van der Waals surface area (Å²) < 4.78 is 28.4. The summed E-state index contributed by atoms with van der Waals surface area (Å²) in [6.07, 6.45) is 0. The second kappa shape index (κ2) is 6.63. The maximum absolute atomic E-state index is 12.4. The van der Waals surface area contributed by atoms with Crippen LogP contribution >= 0.6 is 43.2 Å². The molecule has 0 N–H and O–H groups in total. The van der Waals surface area contributed by atoms with Crippen LogP contribution in [0.1, 0.15) is 9.67 Å². The number of hydrogen-bond acceptors (Lipinski definition) is 4. The van der Waals surface area contributed by atoms with Gasteiger partial charge in [-0.25, -0.2) is 0 Å². The van der Waals surface area contributed by atoms with Crippen LogP contribution in [0.5, 0.6) is 0 Å². The molecule has 0 unspecified atom stereocenters. The van der Waals surface area contributed by atoms with Gasteiger partial charge in [0.25, 0.3) is 16.1 Å². The maximum atomic E-state index is 12.4. The van der Waals surface area contributed by atoms with Gasteiger partial charge in [-0.15, -0.1) is 11.3 Å². The van der Waals surface area contributed by atoms with Gasteiger partial charge >= 0.3 is 0 Å². The van der Waals surface area contributed by atoms with Crippen LogP contribution in [-0.4, -0.2) is 68.1 Å². The van der Waals surface area contributed by atoms with Crippen molar-refractivity contribution in [3.8, 4) is 0 Å². The lowest BCUT2D eigenvalue weighted by Crippen LogP contribution is -2.52. The highest BCUT2D eigenvalue weighted by atomic mass is 79.9. The van der Waals surface area contributed by atoms with E-state index in [9.17, 15) is 13.2 Å². The van der Waals surface area contributed by atoms with Crippen molar-refractivity contribution in [2.75, 3.05) is 40.3 Å². The first-order valence-corrected chi connectivity index (χ1v) is 9.95. The molecule has 1 aromatic rings. The third kappa shape index (κ3) is 3.67. The van der Waals surface area contributed by atoms with Crippen molar-refractivity contribution >= 4 is 59.3 Å². The van der Waals surface area contributed by atoms with Crippen LogP contribution in [0.4, 0.5) is 0 Å². The Morgan fingerprint density at radius 3 is 2.24 bits per heavy atom. The Balaban J connectivity index is 2.03. The van der Waals surface area contributed by atoms with Crippen molar-refractivity contribution in [3.05, 3.63) is 19.2 Å². The number of piperazine rings is 1. The largest absolute Gasteiger partial charge is 0.335 e. The minimum Gasteiger partial charge on any atom is -0.335 e. The molecule has 0 bridgehead atoms. The average Bonchev–Trinajstić information content (AvgIpc) is 2.78. The van der Waals surface area contributed by atoms with Crippen LogP contribution in [0.15, 0.2) is 14.3 Å². The fourth-order valence-corrected chi connectivity index (χ4v) is 5.05. The Morgan fingerprint density at radius 2 is 1.81 bits per heavy atom. The molecular weight excluding hydrogens is 446 g/mol. The SMILES string of the molecule is CN(C)S(=O)(=O)N1CCN(C(=O)c2cc(Br)c(Br)s2)CC1. The number of rotatable bonds is 3. The zero-order valence-electron chi connectivity index (χ0n) is 11.5. The Labute approximate surface area is 145 Å². The summed E-state index contributed by atoms with van der Waals surface area (Å²) in [5, 5.41) is 0. The molecule has 21 heavy (non-hydrogen) atoms. The van der Waals surface area contributed by atoms with E-state index in [2.05, 4.69) is 31.9 Å². The summed E-state index contributed by atoms with van der Waals surface area (Å²) in [5.41, 5.74) is 0. The van der Waals surface area contributed by atoms with Gasteiger partial charge in [0.05, 0.1) is 8.66 Å². The van der Waals surface area contributed by atoms with Crippen molar-refractivity contribution in [2.45, 2.75) is 0 Å². The third-order valence-corrected chi connectivity index (χ3v) is 8.35. The quantitative estimate of drug-likeness (QED) is 0.691. The van der Waals surface area contributed by atoms with Gasteiger partial charge < -0.3 is 4.90 Å². The highest BCUT2D eigenvalue weighted by Gasteiger charge is 2.31. The second-order valence-corrected chi connectivity index (χ2v) is 10.1. The van der Waals surface area contributed by atoms with E-state index in [1.807, 2.05) is 0 Å². The zero-order valence-corrected chi connectivity index (χ0v) is 16.3. The first-order chi connectivity index (χ1) is 9.73. The molecule has 1 aliphatic heterocycles. The van der Waals surface area contributed by atoms with E-state index in [0.29, 0.717) is 31.1 Å². The molecule has 0 aliphatic carbocycles. The second-order valence-electron chi connectivity index (χ2n) is 4.71. The number of thiophene rings is 1. The van der Waals surface area contributed by atoms with Crippen LogP contribution < -0.4 is 0 Å². The number of hydrogen-bond donors (Lipinski definition) is 0. The highest BCUT2D eigenvalue weighted by molar-refractivity contribution is 9.13. The Morgan fingerprint density at radius 1 is 1.24 bits per heavy atom. The van der Waals surface area contributed by atoms with E-state index in [0.717, 1.165) is 8.26 Å². The molecule has 2 heterocycles. The number of carbonyl (C=O) groups is 1. The molecular formula is C11H15Br2N3O3S2. The average molecular weight is 461 g/mol. The molecule has 0 aromatic carbocycles. The molecule has 0 saturated carbocycles. The van der Waals surface area contributed by atoms with Crippen LogP contribution in [0.25, 0.3) is 0 Å². The molecule has 1 saturated heterocycles. The van der Waals surface area contributed by atoms with E-state index in [1.54, 1.807) is 11.0 Å². The van der Waals surface area contributed by atoms with Gasteiger partial charge in [0.2, 0.25) is 0 Å². The lowest BCUT2D eigenvalue weighted by Gasteiger charge is -2.34. The topological polar surface area (TPSA) is 60.9 Å². The predicted molar refractivity (Wildman–Crippen MR) is 89.8 cm³/mol. The first-order valence-electron chi connectivity index (χ1n) is 6.15. The number of amides is 1. The highest BCUT2D eigenvalue weighted by Crippen LogP contribution is 2.33. The molecule has 0 radical (unpaired) electrons. The van der Waals surface area contributed by atoms with Crippen LogP contribution in [0, 0.1) is 0 Å². The van der Waals surface area contributed by atoms with Crippen molar-refractivity contribution in [1.29, 1.82) is 0 Å². The fraction of sp³-hybridized carbons (Fsp3) is 0.545. The molecule has 1 fully saturated rings. The maximum Gasteiger partial charge on any atom is 0.281 e. The Bertz CT molecular complexity index is 618. The third-order valence-electron chi connectivity index (χ3n) is 3.17. The molecule has 10 heteroatoms. The van der Waals surface area contributed by atoms with E-state index < -0.39 is 10.2 Å². The van der Waals surface area contributed by atoms with Gasteiger partial charge in [0.15, 0.2) is 0 Å². The molecule has 0 spiro atoms. The van der Waals surface area contributed by atoms with Gasteiger partial charge in [-0.2, -0.15) is 17.0 Å². The van der Waals surface area contributed by atoms with E-state index in [1.165, 1.54) is 34.0 Å². The zero-order chi connectivity index (χ0) is 15.8. The Kier molecular flexibility index (Phi) is 5.48. The van der Waals surface area contributed by atoms with E-state index >= 15 is 0 Å². The van der Waals surface area contributed by atoms with Gasteiger partial charge in [-0.3, -0.25) is 4.79 Å². The van der Waals surface area contributed by atoms with Gasteiger partial charge in [0.1, 0.15) is 0 Å². The van der Waals surface area contributed by atoms with E-state index in [-0.39, 0.29) is 5.91 Å². The molecule has 0 atom stereocenters. The molecule has 1 aromatic heterocycles. The minimum absolute atomic E-state index is 0.0618. The summed E-state index contributed by atoms with van der Waals surface area (Å²) in [7, 11) is -0.385. The smallest absolute Gasteiger partial charge is 0.281 e. The molecule has 2 rings (SSSR count). The number of carbonyl (C=O) groups excluding carboxylic acids is 1. The van der Waals surface area contributed by atoms with Gasteiger partial charge in [-0.1, -0.05) is 0 Å².